The largest absolute Gasteiger partial charge is 0.333 e. The monoisotopic (exact) mass is 330 g/mol. The standard InChI is InChI=1S/C17H18N2O3S/c1-12-5-8-15(9-6-12)18-17(20)19-23(21,22)16-10-7-13-3-2-4-14(13)11-16/h5-11H,2-4H2,1H3,(H2,18,19,20). The van der Waals surface area contributed by atoms with E-state index in [-0.39, 0.29) is 4.90 Å². The van der Waals surface area contributed by atoms with E-state index in [0.29, 0.717) is 5.69 Å². The molecular weight excluding hydrogens is 312 g/mol. The summed E-state index contributed by atoms with van der Waals surface area (Å²) in [6.07, 6.45) is 2.91. The Morgan fingerprint density at radius 3 is 2.43 bits per heavy atom. The van der Waals surface area contributed by atoms with Crippen LogP contribution >= 0.6 is 0 Å². The third-order valence-corrected chi connectivity index (χ3v) is 5.25. The summed E-state index contributed by atoms with van der Waals surface area (Å²) >= 11 is 0. The first-order chi connectivity index (χ1) is 10.9. The summed E-state index contributed by atoms with van der Waals surface area (Å²) in [5, 5.41) is 2.52. The SMILES string of the molecule is Cc1ccc(NC(=O)NS(=O)(=O)c2ccc3c(c2)CCC3)cc1. The van der Waals surface area contributed by atoms with Gasteiger partial charge in [-0.1, -0.05) is 23.8 Å². The highest BCUT2D eigenvalue weighted by atomic mass is 32.2. The number of hydrogen-bond donors (Lipinski definition) is 2. The van der Waals surface area contributed by atoms with Crippen molar-refractivity contribution in [2.24, 2.45) is 0 Å². The van der Waals surface area contributed by atoms with Crippen LogP contribution in [0.25, 0.3) is 0 Å². The van der Waals surface area contributed by atoms with Crippen molar-refractivity contribution in [3.63, 3.8) is 0 Å². The molecule has 0 spiro atoms. The fraction of sp³-hybridized carbons (Fsp3) is 0.235. The fourth-order valence-corrected chi connectivity index (χ4v) is 3.65. The summed E-state index contributed by atoms with van der Waals surface area (Å²) in [7, 11) is -3.87. The van der Waals surface area contributed by atoms with Gasteiger partial charge in [-0.3, -0.25) is 0 Å². The van der Waals surface area contributed by atoms with Crippen LogP contribution in [0.2, 0.25) is 0 Å². The minimum absolute atomic E-state index is 0.122. The van der Waals surface area contributed by atoms with Crippen molar-refractivity contribution < 1.29 is 13.2 Å². The van der Waals surface area contributed by atoms with Gasteiger partial charge in [-0.2, -0.15) is 0 Å². The molecule has 0 heterocycles. The summed E-state index contributed by atoms with van der Waals surface area (Å²) in [5.41, 5.74) is 3.83. The quantitative estimate of drug-likeness (QED) is 0.908. The molecule has 2 aromatic rings. The molecule has 0 fully saturated rings. The Bertz CT molecular complexity index is 843. The zero-order valence-corrected chi connectivity index (χ0v) is 13.6. The Kier molecular flexibility index (Phi) is 4.09. The second-order valence-corrected chi connectivity index (χ2v) is 7.39. The first-order valence-electron chi connectivity index (χ1n) is 7.46. The van der Waals surface area contributed by atoms with E-state index in [9.17, 15) is 13.2 Å². The zero-order valence-electron chi connectivity index (χ0n) is 12.8. The fourth-order valence-electron chi connectivity index (χ4n) is 2.69. The molecule has 1 aliphatic carbocycles. The van der Waals surface area contributed by atoms with Crippen molar-refractivity contribution in [1.29, 1.82) is 0 Å². The molecule has 23 heavy (non-hydrogen) atoms. The van der Waals surface area contributed by atoms with Gasteiger partial charge in [0.15, 0.2) is 0 Å². The van der Waals surface area contributed by atoms with Gasteiger partial charge in [-0.15, -0.1) is 0 Å². The lowest BCUT2D eigenvalue weighted by atomic mass is 10.1. The number of nitrogens with one attached hydrogen (secondary N) is 2. The topological polar surface area (TPSA) is 75.3 Å². The lowest BCUT2D eigenvalue weighted by Crippen LogP contribution is -2.34. The van der Waals surface area contributed by atoms with E-state index in [1.807, 2.05) is 29.8 Å². The molecule has 1 aliphatic rings. The summed E-state index contributed by atoms with van der Waals surface area (Å²) in [6.45, 7) is 1.93. The molecule has 5 nitrogen and oxygen atoms in total. The molecule has 0 aromatic heterocycles. The zero-order chi connectivity index (χ0) is 16.4. The smallest absolute Gasteiger partial charge is 0.307 e. The molecule has 0 unspecified atom stereocenters. The normalized spacial score (nSPS) is 13.4. The second kappa shape index (κ2) is 6.04. The van der Waals surface area contributed by atoms with E-state index >= 15 is 0 Å². The van der Waals surface area contributed by atoms with Gasteiger partial charge < -0.3 is 5.32 Å². The van der Waals surface area contributed by atoms with Gasteiger partial charge >= 0.3 is 6.03 Å². The maximum atomic E-state index is 12.3. The number of carbonyl (C=O) groups is 1. The highest BCUT2D eigenvalue weighted by molar-refractivity contribution is 7.90. The highest BCUT2D eigenvalue weighted by Crippen LogP contribution is 2.24. The summed E-state index contributed by atoms with van der Waals surface area (Å²) in [4.78, 5) is 12.0. The maximum Gasteiger partial charge on any atom is 0.333 e. The van der Waals surface area contributed by atoms with Crippen LogP contribution in [0.1, 0.15) is 23.1 Å². The van der Waals surface area contributed by atoms with Gasteiger partial charge in [0.05, 0.1) is 4.90 Å². The van der Waals surface area contributed by atoms with Crippen molar-refractivity contribution in [3.8, 4) is 0 Å². The number of urea groups is 1. The second-order valence-electron chi connectivity index (χ2n) is 5.71. The van der Waals surface area contributed by atoms with Gasteiger partial charge in [-0.05, 0) is 61.6 Å². The molecule has 0 saturated carbocycles. The average molecular weight is 330 g/mol. The molecule has 0 radical (unpaired) electrons. The summed E-state index contributed by atoms with van der Waals surface area (Å²) < 4.78 is 26.7. The Labute approximate surface area is 135 Å². The first kappa shape index (κ1) is 15.6. The summed E-state index contributed by atoms with van der Waals surface area (Å²) in [6, 6.07) is 11.4. The third-order valence-electron chi connectivity index (χ3n) is 3.92. The molecule has 2 amide bonds. The predicted molar refractivity (Wildman–Crippen MR) is 89.0 cm³/mol. The van der Waals surface area contributed by atoms with Crippen molar-refractivity contribution in [2.75, 3.05) is 5.32 Å². The van der Waals surface area contributed by atoms with E-state index < -0.39 is 16.1 Å². The Morgan fingerprint density at radius 1 is 1.00 bits per heavy atom. The van der Waals surface area contributed by atoms with E-state index in [1.54, 1.807) is 24.3 Å². The number of sulfonamides is 1. The van der Waals surface area contributed by atoms with E-state index in [2.05, 4.69) is 5.32 Å². The molecule has 3 rings (SSSR count). The van der Waals surface area contributed by atoms with Crippen molar-refractivity contribution in [2.45, 2.75) is 31.1 Å². The maximum absolute atomic E-state index is 12.3. The Balaban J connectivity index is 1.73. The van der Waals surface area contributed by atoms with Gasteiger partial charge in [0.1, 0.15) is 0 Å². The molecule has 2 aromatic carbocycles. The van der Waals surface area contributed by atoms with E-state index in [0.717, 1.165) is 30.4 Å². The van der Waals surface area contributed by atoms with Gasteiger partial charge in [0.25, 0.3) is 10.0 Å². The van der Waals surface area contributed by atoms with Crippen LogP contribution in [0.3, 0.4) is 0 Å². The third kappa shape index (κ3) is 3.53. The van der Waals surface area contributed by atoms with Crippen LogP contribution in [0.15, 0.2) is 47.4 Å². The lowest BCUT2D eigenvalue weighted by molar-refractivity contribution is 0.256. The number of carbonyl (C=O) groups excluding carboxylic acids is 1. The number of aryl methyl sites for hydroxylation is 3. The number of amides is 2. The Hall–Kier alpha value is -2.34. The van der Waals surface area contributed by atoms with Crippen molar-refractivity contribution in [3.05, 3.63) is 59.2 Å². The van der Waals surface area contributed by atoms with Crippen LogP contribution < -0.4 is 10.0 Å². The molecule has 0 aliphatic heterocycles. The van der Waals surface area contributed by atoms with Crippen LogP contribution in [-0.2, 0) is 22.9 Å². The van der Waals surface area contributed by atoms with Crippen LogP contribution in [0.5, 0.6) is 0 Å². The number of anilines is 1. The van der Waals surface area contributed by atoms with Crippen LogP contribution in [0, 0.1) is 6.92 Å². The van der Waals surface area contributed by atoms with Gasteiger partial charge in [0, 0.05) is 5.69 Å². The molecular formula is C17H18N2O3S. The molecule has 0 atom stereocenters. The van der Waals surface area contributed by atoms with Crippen LogP contribution in [0.4, 0.5) is 10.5 Å². The molecule has 2 N–H and O–H groups in total. The van der Waals surface area contributed by atoms with Gasteiger partial charge in [0.2, 0.25) is 0 Å². The van der Waals surface area contributed by atoms with E-state index in [1.165, 1.54) is 5.56 Å². The molecule has 120 valence electrons. The highest BCUT2D eigenvalue weighted by Gasteiger charge is 2.20. The van der Waals surface area contributed by atoms with Gasteiger partial charge in [-0.25, -0.2) is 17.9 Å². The molecule has 0 saturated heterocycles. The van der Waals surface area contributed by atoms with Crippen molar-refractivity contribution >= 4 is 21.7 Å². The lowest BCUT2D eigenvalue weighted by Gasteiger charge is -2.10. The molecule has 0 bridgehead atoms. The Morgan fingerprint density at radius 2 is 1.70 bits per heavy atom. The predicted octanol–water partition coefficient (Wildman–Crippen LogP) is 2.99. The average Bonchev–Trinajstić information content (AvgIpc) is 2.96. The van der Waals surface area contributed by atoms with Crippen molar-refractivity contribution in [1.82, 2.24) is 4.72 Å². The summed E-state index contributed by atoms with van der Waals surface area (Å²) in [5.74, 6) is 0. The van der Waals surface area contributed by atoms with Crippen LogP contribution in [-0.4, -0.2) is 14.4 Å². The molecule has 6 heteroatoms. The van der Waals surface area contributed by atoms with E-state index in [4.69, 9.17) is 0 Å². The minimum atomic E-state index is -3.87. The number of rotatable bonds is 3. The number of fused-ring (bicyclic) bond motifs is 1. The minimum Gasteiger partial charge on any atom is -0.307 e. The first-order valence-corrected chi connectivity index (χ1v) is 8.95. The number of hydrogen-bond acceptors (Lipinski definition) is 3. The number of benzene rings is 2.